The largest absolute Gasteiger partial charge is 0.489 e. The Labute approximate surface area is 109 Å². The van der Waals surface area contributed by atoms with Gasteiger partial charge in [0.05, 0.1) is 5.56 Å². The van der Waals surface area contributed by atoms with Crippen LogP contribution in [0, 0.1) is 12.8 Å². The molecule has 0 aliphatic heterocycles. The molecule has 0 spiro atoms. The molecule has 2 heteroatoms. The molecule has 2 rings (SSSR count). The lowest BCUT2D eigenvalue weighted by Crippen LogP contribution is -2.30. The van der Waals surface area contributed by atoms with E-state index in [1.165, 1.54) is 19.3 Å². The molecular formula is C16H22O2. The Morgan fingerprint density at radius 1 is 1.33 bits per heavy atom. The van der Waals surface area contributed by atoms with Crippen molar-refractivity contribution in [3.05, 3.63) is 29.3 Å². The van der Waals surface area contributed by atoms with Gasteiger partial charge in [0.25, 0.3) is 0 Å². The molecule has 98 valence electrons. The van der Waals surface area contributed by atoms with E-state index in [2.05, 4.69) is 6.92 Å². The van der Waals surface area contributed by atoms with E-state index in [-0.39, 0.29) is 6.10 Å². The standard InChI is InChI=1S/C16H22O2/c1-3-13-6-4-5-7-15(13)18-16-9-8-12(2)10-14(16)11-17/h8-11,13,15H,3-7H2,1-2H3. The summed E-state index contributed by atoms with van der Waals surface area (Å²) in [6, 6.07) is 5.83. The van der Waals surface area contributed by atoms with Crippen LogP contribution in [0.2, 0.25) is 0 Å². The number of carbonyl (C=O) groups excluding carboxylic acids is 1. The van der Waals surface area contributed by atoms with Gasteiger partial charge in [0.15, 0.2) is 6.29 Å². The molecule has 0 radical (unpaired) electrons. The summed E-state index contributed by atoms with van der Waals surface area (Å²) < 4.78 is 6.10. The summed E-state index contributed by atoms with van der Waals surface area (Å²) in [6.45, 7) is 4.22. The van der Waals surface area contributed by atoms with E-state index in [1.807, 2.05) is 25.1 Å². The number of ether oxygens (including phenoxy) is 1. The molecular weight excluding hydrogens is 224 g/mol. The van der Waals surface area contributed by atoms with Crippen molar-refractivity contribution < 1.29 is 9.53 Å². The van der Waals surface area contributed by atoms with Gasteiger partial charge in [0.2, 0.25) is 0 Å². The Hall–Kier alpha value is -1.31. The molecule has 0 aromatic heterocycles. The fourth-order valence-corrected chi connectivity index (χ4v) is 2.83. The Kier molecular flexibility index (Phi) is 4.40. The zero-order valence-corrected chi connectivity index (χ0v) is 11.3. The van der Waals surface area contributed by atoms with Crippen LogP contribution in [0.1, 0.15) is 54.9 Å². The average molecular weight is 246 g/mol. The highest BCUT2D eigenvalue weighted by Crippen LogP contribution is 2.31. The van der Waals surface area contributed by atoms with E-state index < -0.39 is 0 Å². The van der Waals surface area contributed by atoms with Crippen LogP contribution >= 0.6 is 0 Å². The molecule has 1 aromatic carbocycles. The second-order valence-corrected chi connectivity index (χ2v) is 5.27. The summed E-state index contributed by atoms with van der Waals surface area (Å²) >= 11 is 0. The lowest BCUT2D eigenvalue weighted by molar-refractivity contribution is 0.0883. The van der Waals surface area contributed by atoms with Gasteiger partial charge in [-0.15, -0.1) is 0 Å². The zero-order chi connectivity index (χ0) is 13.0. The van der Waals surface area contributed by atoms with Gasteiger partial charge in [-0.25, -0.2) is 0 Å². The summed E-state index contributed by atoms with van der Waals surface area (Å²) in [5.41, 5.74) is 1.77. The van der Waals surface area contributed by atoms with E-state index >= 15 is 0 Å². The third-order valence-electron chi connectivity index (χ3n) is 3.93. The van der Waals surface area contributed by atoms with Crippen LogP contribution in [0.25, 0.3) is 0 Å². The smallest absolute Gasteiger partial charge is 0.153 e. The normalized spacial score (nSPS) is 23.7. The van der Waals surface area contributed by atoms with Crippen molar-refractivity contribution in [1.29, 1.82) is 0 Å². The van der Waals surface area contributed by atoms with Gasteiger partial charge < -0.3 is 4.74 Å². The molecule has 0 amide bonds. The lowest BCUT2D eigenvalue weighted by Gasteiger charge is -2.31. The van der Waals surface area contributed by atoms with Crippen LogP contribution in [-0.2, 0) is 0 Å². The zero-order valence-electron chi connectivity index (χ0n) is 11.3. The lowest BCUT2D eigenvalue weighted by atomic mass is 9.84. The number of aryl methyl sites for hydroxylation is 1. The molecule has 1 fully saturated rings. The van der Waals surface area contributed by atoms with E-state index in [0.717, 1.165) is 30.4 Å². The minimum absolute atomic E-state index is 0.283. The first-order valence-electron chi connectivity index (χ1n) is 6.97. The summed E-state index contributed by atoms with van der Waals surface area (Å²) in [6.07, 6.45) is 7.26. The van der Waals surface area contributed by atoms with Crippen LogP contribution in [0.5, 0.6) is 5.75 Å². The van der Waals surface area contributed by atoms with Crippen molar-refractivity contribution in [1.82, 2.24) is 0 Å². The van der Waals surface area contributed by atoms with Crippen LogP contribution in [0.4, 0.5) is 0 Å². The summed E-state index contributed by atoms with van der Waals surface area (Å²) in [4.78, 5) is 11.1. The van der Waals surface area contributed by atoms with Crippen molar-refractivity contribution >= 4 is 6.29 Å². The van der Waals surface area contributed by atoms with Crippen molar-refractivity contribution in [3.8, 4) is 5.75 Å². The molecule has 1 aromatic rings. The predicted molar refractivity (Wildman–Crippen MR) is 73.2 cm³/mol. The van der Waals surface area contributed by atoms with Crippen molar-refractivity contribution in [3.63, 3.8) is 0 Å². The Morgan fingerprint density at radius 3 is 2.83 bits per heavy atom. The number of hydrogen-bond donors (Lipinski definition) is 0. The SMILES string of the molecule is CCC1CCCCC1Oc1ccc(C)cc1C=O. The maximum Gasteiger partial charge on any atom is 0.153 e. The van der Waals surface area contributed by atoms with Gasteiger partial charge in [-0.3, -0.25) is 4.79 Å². The van der Waals surface area contributed by atoms with Crippen LogP contribution in [0.15, 0.2) is 18.2 Å². The van der Waals surface area contributed by atoms with Crippen LogP contribution in [0.3, 0.4) is 0 Å². The van der Waals surface area contributed by atoms with E-state index in [4.69, 9.17) is 4.74 Å². The fraction of sp³-hybridized carbons (Fsp3) is 0.562. The molecule has 1 aliphatic rings. The van der Waals surface area contributed by atoms with Crippen molar-refractivity contribution in [2.24, 2.45) is 5.92 Å². The summed E-state index contributed by atoms with van der Waals surface area (Å²) in [7, 11) is 0. The van der Waals surface area contributed by atoms with Gasteiger partial charge in [-0.1, -0.05) is 25.0 Å². The number of benzene rings is 1. The molecule has 18 heavy (non-hydrogen) atoms. The number of hydrogen-bond acceptors (Lipinski definition) is 2. The molecule has 0 saturated heterocycles. The van der Waals surface area contributed by atoms with Crippen molar-refractivity contribution in [2.45, 2.75) is 52.1 Å². The first-order chi connectivity index (χ1) is 8.74. The monoisotopic (exact) mass is 246 g/mol. The van der Waals surface area contributed by atoms with E-state index in [9.17, 15) is 4.79 Å². The molecule has 2 unspecified atom stereocenters. The molecule has 0 bridgehead atoms. The van der Waals surface area contributed by atoms with Gasteiger partial charge in [-0.2, -0.15) is 0 Å². The second kappa shape index (κ2) is 6.03. The van der Waals surface area contributed by atoms with Crippen LogP contribution in [-0.4, -0.2) is 12.4 Å². The topological polar surface area (TPSA) is 26.3 Å². The highest BCUT2D eigenvalue weighted by molar-refractivity contribution is 5.79. The maximum atomic E-state index is 11.1. The highest BCUT2D eigenvalue weighted by atomic mass is 16.5. The van der Waals surface area contributed by atoms with Gasteiger partial charge in [0.1, 0.15) is 11.9 Å². The number of aldehydes is 1. The first-order valence-corrected chi connectivity index (χ1v) is 6.97. The minimum atomic E-state index is 0.283. The molecule has 2 atom stereocenters. The predicted octanol–water partition coefficient (Wildman–Crippen LogP) is 4.16. The number of rotatable bonds is 4. The van der Waals surface area contributed by atoms with Crippen LogP contribution < -0.4 is 4.74 Å². The fourth-order valence-electron chi connectivity index (χ4n) is 2.83. The summed E-state index contributed by atoms with van der Waals surface area (Å²) in [5.74, 6) is 1.39. The van der Waals surface area contributed by atoms with E-state index in [0.29, 0.717) is 11.5 Å². The average Bonchev–Trinajstić information content (AvgIpc) is 2.41. The Morgan fingerprint density at radius 2 is 2.11 bits per heavy atom. The quantitative estimate of drug-likeness (QED) is 0.746. The van der Waals surface area contributed by atoms with Crippen molar-refractivity contribution in [2.75, 3.05) is 0 Å². The van der Waals surface area contributed by atoms with Gasteiger partial charge >= 0.3 is 0 Å². The van der Waals surface area contributed by atoms with E-state index in [1.54, 1.807) is 0 Å². The second-order valence-electron chi connectivity index (χ2n) is 5.27. The Bertz CT molecular complexity index is 412. The molecule has 1 aliphatic carbocycles. The molecule has 2 nitrogen and oxygen atoms in total. The number of carbonyl (C=O) groups is 1. The minimum Gasteiger partial charge on any atom is -0.489 e. The molecule has 0 N–H and O–H groups in total. The maximum absolute atomic E-state index is 11.1. The van der Waals surface area contributed by atoms with Gasteiger partial charge in [0, 0.05) is 0 Å². The molecule has 1 saturated carbocycles. The third kappa shape index (κ3) is 2.92. The third-order valence-corrected chi connectivity index (χ3v) is 3.93. The first kappa shape index (κ1) is 13.1. The molecule has 0 heterocycles. The van der Waals surface area contributed by atoms with Gasteiger partial charge in [-0.05, 0) is 50.7 Å². The highest BCUT2D eigenvalue weighted by Gasteiger charge is 2.25. The summed E-state index contributed by atoms with van der Waals surface area (Å²) in [5, 5.41) is 0. The Balaban J connectivity index is 2.14.